The highest BCUT2D eigenvalue weighted by Crippen LogP contribution is 2.55. The van der Waals surface area contributed by atoms with Gasteiger partial charge in [0.2, 0.25) is 10.0 Å². The number of hydrogen-bond acceptors (Lipinski definition) is 7. The number of ether oxygens (including phenoxy) is 1. The van der Waals surface area contributed by atoms with E-state index in [0.717, 1.165) is 46.8 Å². The molecular weight excluding hydrogens is 440 g/mol. The molecular formula is C24H28N4O4S. The van der Waals surface area contributed by atoms with Gasteiger partial charge in [-0.1, -0.05) is 13.8 Å². The third kappa shape index (κ3) is 3.12. The minimum absolute atomic E-state index is 0.112. The fourth-order valence-electron chi connectivity index (χ4n) is 6.20. The molecule has 4 heterocycles. The molecule has 8 nitrogen and oxygen atoms in total. The van der Waals surface area contributed by atoms with E-state index in [1.807, 2.05) is 0 Å². The Labute approximate surface area is 193 Å². The molecule has 5 aliphatic rings. The zero-order valence-electron chi connectivity index (χ0n) is 19.0. The van der Waals surface area contributed by atoms with Crippen LogP contribution in [-0.4, -0.2) is 44.7 Å². The number of Topliss-reactive ketones (excluding diaryl/α,β-unsaturated/α-hetero) is 1. The molecule has 9 heteroatoms. The molecule has 0 bridgehead atoms. The lowest BCUT2D eigenvalue weighted by atomic mass is 9.60. The Kier molecular flexibility index (Phi) is 4.46. The molecule has 1 aromatic carbocycles. The number of benzene rings is 1. The standard InChI is InChI=1S/C24H28N4O4S/c1-23(2)12-18-21(19(29)13-23)24(17-14-25-27-22(17)26-18)6-8-28(9-7-24)33(30,31)16-3-4-20-15(11-16)5-10-32-20/h3-4,11,26H,5-10,12-14H2,1-2H3. The molecule has 1 aromatic rings. The van der Waals surface area contributed by atoms with E-state index in [-0.39, 0.29) is 11.2 Å². The first-order valence-corrected chi connectivity index (χ1v) is 13.0. The Morgan fingerprint density at radius 1 is 1.15 bits per heavy atom. The number of allylic oxidation sites excluding steroid dienone is 2. The molecule has 0 aromatic heterocycles. The van der Waals surface area contributed by atoms with Gasteiger partial charge in [0.15, 0.2) is 11.6 Å². The van der Waals surface area contributed by atoms with E-state index in [9.17, 15) is 13.2 Å². The molecule has 0 atom stereocenters. The van der Waals surface area contributed by atoms with Crippen LogP contribution >= 0.6 is 0 Å². The summed E-state index contributed by atoms with van der Waals surface area (Å²) in [6.45, 7) is 6.00. The van der Waals surface area contributed by atoms with Crippen molar-refractivity contribution >= 4 is 15.8 Å². The molecule has 0 amide bonds. The SMILES string of the molecule is CC1(C)CC(=O)C2=C(C1)NC1=C(CN=N1)C21CCN(S(=O)(=O)c2ccc3c(c2)CCO3)CC1. The van der Waals surface area contributed by atoms with Crippen molar-refractivity contribution in [2.24, 2.45) is 21.1 Å². The summed E-state index contributed by atoms with van der Waals surface area (Å²) in [7, 11) is -3.62. The smallest absolute Gasteiger partial charge is 0.243 e. The third-order valence-corrected chi connectivity index (χ3v) is 9.66. The number of ketones is 1. The van der Waals surface area contributed by atoms with Crippen LogP contribution in [0, 0.1) is 10.8 Å². The van der Waals surface area contributed by atoms with Gasteiger partial charge in [-0.3, -0.25) is 4.79 Å². The second-order valence-electron chi connectivity index (χ2n) is 10.5. The summed E-state index contributed by atoms with van der Waals surface area (Å²) >= 11 is 0. The predicted molar refractivity (Wildman–Crippen MR) is 121 cm³/mol. The summed E-state index contributed by atoms with van der Waals surface area (Å²) in [6.07, 6.45) is 3.15. The van der Waals surface area contributed by atoms with Crippen molar-refractivity contribution in [3.63, 3.8) is 0 Å². The van der Waals surface area contributed by atoms with Gasteiger partial charge in [-0.2, -0.15) is 9.42 Å². The van der Waals surface area contributed by atoms with Crippen molar-refractivity contribution in [2.45, 2.75) is 50.8 Å². The highest BCUT2D eigenvalue weighted by Gasteiger charge is 2.53. The number of hydrogen-bond donors (Lipinski definition) is 1. The lowest BCUT2D eigenvalue weighted by Gasteiger charge is -2.48. The Morgan fingerprint density at radius 3 is 2.73 bits per heavy atom. The lowest BCUT2D eigenvalue weighted by Crippen LogP contribution is -2.50. The van der Waals surface area contributed by atoms with Gasteiger partial charge in [-0.15, -0.1) is 5.11 Å². The molecule has 1 aliphatic carbocycles. The number of nitrogens with one attached hydrogen (secondary N) is 1. The van der Waals surface area contributed by atoms with Crippen molar-refractivity contribution in [1.82, 2.24) is 9.62 Å². The van der Waals surface area contributed by atoms with Crippen LogP contribution in [0.3, 0.4) is 0 Å². The van der Waals surface area contributed by atoms with Crippen LogP contribution in [0.1, 0.15) is 45.1 Å². The van der Waals surface area contributed by atoms with E-state index in [1.54, 1.807) is 22.5 Å². The highest BCUT2D eigenvalue weighted by atomic mass is 32.2. The first-order valence-electron chi connectivity index (χ1n) is 11.6. The van der Waals surface area contributed by atoms with Gasteiger partial charge >= 0.3 is 0 Å². The maximum atomic E-state index is 13.5. The molecule has 4 aliphatic heterocycles. The predicted octanol–water partition coefficient (Wildman–Crippen LogP) is 3.32. The molecule has 1 fully saturated rings. The Morgan fingerprint density at radius 2 is 1.94 bits per heavy atom. The maximum Gasteiger partial charge on any atom is 0.243 e. The van der Waals surface area contributed by atoms with E-state index < -0.39 is 15.4 Å². The minimum atomic E-state index is -3.62. The number of dihydropyridines is 1. The van der Waals surface area contributed by atoms with Gasteiger partial charge in [-0.05, 0) is 48.4 Å². The van der Waals surface area contributed by atoms with Crippen molar-refractivity contribution < 1.29 is 17.9 Å². The average Bonchev–Trinajstić information content (AvgIpc) is 3.42. The van der Waals surface area contributed by atoms with Gasteiger partial charge in [0.1, 0.15) is 5.75 Å². The van der Waals surface area contributed by atoms with E-state index in [1.165, 1.54) is 0 Å². The lowest BCUT2D eigenvalue weighted by molar-refractivity contribution is -0.119. The normalized spacial score (nSPS) is 25.6. The third-order valence-electron chi connectivity index (χ3n) is 7.76. The number of carbonyl (C=O) groups excluding carboxylic acids is 1. The van der Waals surface area contributed by atoms with Crippen LogP contribution in [0.5, 0.6) is 5.75 Å². The molecule has 33 heavy (non-hydrogen) atoms. The van der Waals surface area contributed by atoms with E-state index >= 15 is 0 Å². The summed E-state index contributed by atoms with van der Waals surface area (Å²) in [6, 6.07) is 5.14. The molecule has 1 spiro atoms. The minimum Gasteiger partial charge on any atom is -0.493 e. The van der Waals surface area contributed by atoms with Gasteiger partial charge in [0.05, 0.1) is 18.0 Å². The molecule has 1 saturated heterocycles. The van der Waals surface area contributed by atoms with Crippen molar-refractivity contribution in [3.8, 4) is 5.75 Å². The monoisotopic (exact) mass is 468 g/mol. The summed E-state index contributed by atoms with van der Waals surface area (Å²) in [4.78, 5) is 13.7. The van der Waals surface area contributed by atoms with E-state index in [2.05, 4.69) is 29.4 Å². The van der Waals surface area contributed by atoms with Crippen molar-refractivity contribution in [1.29, 1.82) is 0 Å². The molecule has 1 N–H and O–H groups in total. The van der Waals surface area contributed by atoms with Crippen molar-refractivity contribution in [2.75, 3.05) is 26.2 Å². The molecule has 0 unspecified atom stereocenters. The Bertz CT molecular complexity index is 1270. The summed E-state index contributed by atoms with van der Waals surface area (Å²) < 4.78 is 34.0. The zero-order chi connectivity index (χ0) is 23.0. The number of sulfonamides is 1. The first kappa shape index (κ1) is 21.0. The topological polar surface area (TPSA) is 100 Å². The van der Waals surface area contributed by atoms with Crippen LogP contribution in [-0.2, 0) is 21.2 Å². The number of azo groups is 1. The van der Waals surface area contributed by atoms with E-state index in [0.29, 0.717) is 50.4 Å². The molecule has 6 rings (SSSR count). The van der Waals surface area contributed by atoms with Crippen LogP contribution in [0.2, 0.25) is 0 Å². The Hall–Kier alpha value is -2.52. The van der Waals surface area contributed by atoms with Gasteiger partial charge in [0, 0.05) is 48.2 Å². The number of nitrogens with zero attached hydrogens (tertiary/aromatic N) is 3. The fourth-order valence-corrected chi connectivity index (χ4v) is 7.69. The molecule has 0 radical (unpaired) electrons. The average molecular weight is 469 g/mol. The number of piperidine rings is 1. The quantitative estimate of drug-likeness (QED) is 0.718. The second kappa shape index (κ2) is 6.99. The van der Waals surface area contributed by atoms with Crippen LogP contribution in [0.25, 0.3) is 0 Å². The van der Waals surface area contributed by atoms with Crippen LogP contribution < -0.4 is 10.1 Å². The number of fused-ring (bicyclic) bond motifs is 3. The maximum absolute atomic E-state index is 13.5. The fraction of sp³-hybridized carbons (Fsp3) is 0.542. The van der Waals surface area contributed by atoms with Crippen LogP contribution in [0.4, 0.5) is 0 Å². The van der Waals surface area contributed by atoms with Gasteiger partial charge < -0.3 is 10.1 Å². The van der Waals surface area contributed by atoms with Crippen molar-refractivity contribution in [3.05, 3.63) is 46.4 Å². The summed E-state index contributed by atoms with van der Waals surface area (Å²) in [5.74, 6) is 1.70. The second-order valence-corrected chi connectivity index (χ2v) is 12.4. The molecule has 0 saturated carbocycles. The highest BCUT2D eigenvalue weighted by molar-refractivity contribution is 7.89. The van der Waals surface area contributed by atoms with Gasteiger partial charge in [0.25, 0.3) is 0 Å². The first-order chi connectivity index (χ1) is 15.7. The summed E-state index contributed by atoms with van der Waals surface area (Å²) in [5, 5.41) is 12.0. The Balaban J connectivity index is 1.33. The zero-order valence-corrected chi connectivity index (χ0v) is 19.8. The number of carbonyl (C=O) groups is 1. The largest absolute Gasteiger partial charge is 0.493 e. The number of rotatable bonds is 2. The van der Waals surface area contributed by atoms with Gasteiger partial charge in [-0.25, -0.2) is 8.42 Å². The summed E-state index contributed by atoms with van der Waals surface area (Å²) in [5.41, 5.74) is 3.19. The van der Waals surface area contributed by atoms with Crippen LogP contribution in [0.15, 0.2) is 56.0 Å². The molecule has 174 valence electrons. The van der Waals surface area contributed by atoms with E-state index in [4.69, 9.17) is 4.74 Å².